The highest BCUT2D eigenvalue weighted by Crippen LogP contribution is 2.28. The van der Waals surface area contributed by atoms with E-state index >= 15 is 0 Å². The minimum absolute atomic E-state index is 0.0261. The summed E-state index contributed by atoms with van der Waals surface area (Å²) in [6.45, 7) is 7.53. The average Bonchev–Trinajstić information content (AvgIpc) is 3.50. The number of ketones is 1. The van der Waals surface area contributed by atoms with Crippen LogP contribution in [0.15, 0.2) is 42.5 Å². The van der Waals surface area contributed by atoms with Gasteiger partial charge in [0.1, 0.15) is 0 Å². The summed E-state index contributed by atoms with van der Waals surface area (Å²) in [5.74, 6) is -1.98. The zero-order chi connectivity index (χ0) is 38.7. The second-order valence-corrected chi connectivity index (χ2v) is 14.5. The van der Waals surface area contributed by atoms with Gasteiger partial charge in [0.05, 0.1) is 55.8 Å². The van der Waals surface area contributed by atoms with Gasteiger partial charge in [0, 0.05) is 39.4 Å². The lowest BCUT2D eigenvalue weighted by Crippen LogP contribution is -2.53. The first kappa shape index (κ1) is 42.5. The van der Waals surface area contributed by atoms with Gasteiger partial charge in [-0.05, 0) is 49.7 Å². The first-order valence-corrected chi connectivity index (χ1v) is 18.2. The van der Waals surface area contributed by atoms with Crippen LogP contribution in [0, 0.1) is 11.8 Å². The Morgan fingerprint density at radius 3 is 2.17 bits per heavy atom. The number of nitrogens with one attached hydrogen (secondary N) is 2. The number of carbonyl (C=O) groups is 5. The number of Topliss-reactive ketones (excluding diaryl/α,β-unsaturated/α-hetero) is 1. The Morgan fingerprint density at radius 1 is 0.923 bits per heavy atom. The zero-order valence-electron chi connectivity index (χ0n) is 32.4. The van der Waals surface area contributed by atoms with Crippen LogP contribution in [0.5, 0.6) is 0 Å². The molecule has 1 saturated heterocycles. The molecule has 0 radical (unpaired) electrons. The number of nitrogens with two attached hydrogens (primary N) is 1. The highest BCUT2D eigenvalue weighted by molar-refractivity contribution is 6.02. The van der Waals surface area contributed by atoms with Crippen molar-refractivity contribution in [2.24, 2.45) is 17.6 Å². The SMILES string of the molecule is CCC[C@@H](C(CC(=O)N1CC(N)CC1C(OC)C(C)C(=O)NCC(=O)c1ccc2ccccc2c1)OC)N(C)C(=O)CNC(=O)C(C(C)C)N(C)C. The molecule has 288 valence electrons. The maximum atomic E-state index is 14.0. The molecular weight excluding hydrogens is 664 g/mol. The standard InChI is InChI=1S/C39H60N6O7/c1-10-13-30(44(7)35(48)22-42-39(50)36(24(2)3)43(5)6)33(51-8)20-34(47)45-23-29(40)19-31(45)37(52-9)25(4)38(49)41-21-32(46)28-17-16-26-14-11-12-15-27(26)18-28/h11-12,14-18,24-25,29-31,33,36-37H,10,13,19-23,40H2,1-9H3,(H,41,49)(H,42,50)/t25?,29?,30-,31?,33?,36?,37?/m0/s1. The van der Waals surface area contributed by atoms with Crippen LogP contribution in [0.3, 0.4) is 0 Å². The molecule has 3 rings (SSSR count). The first-order valence-electron chi connectivity index (χ1n) is 18.2. The maximum Gasteiger partial charge on any atom is 0.242 e. The van der Waals surface area contributed by atoms with Crippen molar-refractivity contribution in [2.75, 3.05) is 55.0 Å². The molecule has 2 aromatic carbocycles. The van der Waals surface area contributed by atoms with Gasteiger partial charge in [-0.15, -0.1) is 0 Å². The van der Waals surface area contributed by atoms with E-state index in [1.165, 1.54) is 14.2 Å². The lowest BCUT2D eigenvalue weighted by molar-refractivity contribution is -0.144. The molecule has 2 aromatic rings. The summed E-state index contributed by atoms with van der Waals surface area (Å²) in [5, 5.41) is 7.50. The lowest BCUT2D eigenvalue weighted by atomic mass is 9.93. The third kappa shape index (κ3) is 10.8. The van der Waals surface area contributed by atoms with Gasteiger partial charge in [-0.2, -0.15) is 0 Å². The Bertz CT molecular complexity index is 1530. The van der Waals surface area contributed by atoms with Crippen LogP contribution in [-0.4, -0.2) is 135 Å². The molecule has 1 heterocycles. The van der Waals surface area contributed by atoms with Gasteiger partial charge in [-0.25, -0.2) is 0 Å². The van der Waals surface area contributed by atoms with E-state index in [9.17, 15) is 24.0 Å². The average molecular weight is 725 g/mol. The molecule has 4 N–H and O–H groups in total. The zero-order valence-corrected chi connectivity index (χ0v) is 32.4. The maximum absolute atomic E-state index is 14.0. The first-order chi connectivity index (χ1) is 24.6. The number of amides is 4. The molecule has 1 aliphatic heterocycles. The highest BCUT2D eigenvalue weighted by Gasteiger charge is 2.43. The topological polar surface area (TPSA) is 164 Å². The second kappa shape index (κ2) is 19.8. The Morgan fingerprint density at radius 2 is 1.58 bits per heavy atom. The number of likely N-dealkylation sites (N-methyl/N-ethyl adjacent to an activating group) is 2. The summed E-state index contributed by atoms with van der Waals surface area (Å²) in [7, 11) is 8.33. The third-order valence-electron chi connectivity index (χ3n) is 10.2. The molecule has 0 saturated carbocycles. The van der Waals surface area contributed by atoms with E-state index < -0.39 is 30.2 Å². The fraction of sp³-hybridized carbons (Fsp3) is 0.615. The number of fused-ring (bicyclic) bond motifs is 1. The van der Waals surface area contributed by atoms with Crippen molar-refractivity contribution in [1.29, 1.82) is 0 Å². The molecule has 0 aromatic heterocycles. The number of methoxy groups -OCH3 is 2. The monoisotopic (exact) mass is 724 g/mol. The van der Waals surface area contributed by atoms with E-state index in [4.69, 9.17) is 15.2 Å². The van der Waals surface area contributed by atoms with Crippen LogP contribution in [-0.2, 0) is 28.7 Å². The molecule has 13 nitrogen and oxygen atoms in total. The number of hydrogen-bond donors (Lipinski definition) is 3. The van der Waals surface area contributed by atoms with Crippen LogP contribution in [0.2, 0.25) is 0 Å². The van der Waals surface area contributed by atoms with Crippen LogP contribution >= 0.6 is 0 Å². The fourth-order valence-electron chi connectivity index (χ4n) is 7.44. The van der Waals surface area contributed by atoms with Crippen LogP contribution in [0.4, 0.5) is 0 Å². The van der Waals surface area contributed by atoms with Gasteiger partial charge in [0.15, 0.2) is 5.78 Å². The molecule has 1 fully saturated rings. The Kier molecular flexibility index (Phi) is 16.2. The van der Waals surface area contributed by atoms with Gasteiger partial charge in [0.25, 0.3) is 0 Å². The Hall–Kier alpha value is -3.91. The number of benzene rings is 2. The molecular formula is C39H60N6O7. The highest BCUT2D eigenvalue weighted by atomic mass is 16.5. The minimum Gasteiger partial charge on any atom is -0.379 e. The van der Waals surface area contributed by atoms with Gasteiger partial charge in [0.2, 0.25) is 23.6 Å². The van der Waals surface area contributed by atoms with E-state index in [2.05, 4.69) is 10.6 Å². The van der Waals surface area contributed by atoms with Crippen molar-refractivity contribution in [2.45, 2.75) is 89.8 Å². The summed E-state index contributed by atoms with van der Waals surface area (Å²) >= 11 is 0. The van der Waals surface area contributed by atoms with Crippen LogP contribution in [0.25, 0.3) is 10.8 Å². The van der Waals surface area contributed by atoms with Gasteiger partial charge in [-0.3, -0.25) is 28.9 Å². The molecule has 6 unspecified atom stereocenters. The van der Waals surface area contributed by atoms with E-state index in [0.29, 0.717) is 18.4 Å². The van der Waals surface area contributed by atoms with Crippen molar-refractivity contribution < 1.29 is 33.4 Å². The Balaban J connectivity index is 1.66. The lowest BCUT2D eigenvalue weighted by Gasteiger charge is -2.37. The fourth-order valence-corrected chi connectivity index (χ4v) is 7.44. The van der Waals surface area contributed by atoms with Crippen molar-refractivity contribution in [3.05, 3.63) is 48.0 Å². The number of hydrogen-bond acceptors (Lipinski definition) is 9. The predicted molar refractivity (Wildman–Crippen MR) is 202 cm³/mol. The minimum atomic E-state index is -0.701. The smallest absolute Gasteiger partial charge is 0.242 e. The summed E-state index contributed by atoms with van der Waals surface area (Å²) in [6.07, 6.45) is 0.385. The van der Waals surface area contributed by atoms with Gasteiger partial charge in [-0.1, -0.05) is 70.5 Å². The molecule has 1 aliphatic rings. The van der Waals surface area contributed by atoms with Crippen LogP contribution in [0.1, 0.15) is 63.7 Å². The predicted octanol–water partition coefficient (Wildman–Crippen LogP) is 2.45. The van der Waals surface area contributed by atoms with Crippen molar-refractivity contribution in [3.63, 3.8) is 0 Å². The molecule has 0 aliphatic carbocycles. The molecule has 0 bridgehead atoms. The van der Waals surface area contributed by atoms with Crippen LogP contribution < -0.4 is 16.4 Å². The van der Waals surface area contributed by atoms with E-state index in [1.807, 2.05) is 76.2 Å². The Labute approximate surface area is 308 Å². The number of likely N-dealkylation sites (tertiary alicyclic amines) is 1. The van der Waals surface area contributed by atoms with Gasteiger partial charge < -0.3 is 35.6 Å². The summed E-state index contributed by atoms with van der Waals surface area (Å²) in [4.78, 5) is 71.6. The van der Waals surface area contributed by atoms with E-state index in [-0.39, 0.29) is 73.5 Å². The summed E-state index contributed by atoms with van der Waals surface area (Å²) in [5.41, 5.74) is 6.89. The van der Waals surface area contributed by atoms with Crippen molar-refractivity contribution >= 4 is 40.2 Å². The number of rotatable bonds is 19. The number of ether oxygens (including phenoxy) is 2. The molecule has 13 heteroatoms. The third-order valence-corrected chi connectivity index (χ3v) is 10.2. The van der Waals surface area contributed by atoms with Gasteiger partial charge >= 0.3 is 0 Å². The largest absolute Gasteiger partial charge is 0.379 e. The number of carbonyl (C=O) groups excluding carboxylic acids is 5. The van der Waals surface area contributed by atoms with E-state index in [1.54, 1.807) is 29.8 Å². The quantitative estimate of drug-likeness (QED) is 0.185. The van der Waals surface area contributed by atoms with E-state index in [0.717, 1.165) is 17.2 Å². The normalized spacial score (nSPS) is 18.9. The van der Waals surface area contributed by atoms with Crippen molar-refractivity contribution in [3.8, 4) is 0 Å². The molecule has 52 heavy (non-hydrogen) atoms. The second-order valence-electron chi connectivity index (χ2n) is 14.5. The van der Waals surface area contributed by atoms with Crippen molar-refractivity contribution in [1.82, 2.24) is 25.3 Å². The summed E-state index contributed by atoms with van der Waals surface area (Å²) < 4.78 is 11.7. The number of nitrogens with zero attached hydrogens (tertiary/aromatic N) is 3. The molecule has 4 amide bonds. The summed E-state index contributed by atoms with van der Waals surface area (Å²) in [6, 6.07) is 11.6. The molecule has 7 atom stereocenters. The molecule has 0 spiro atoms.